The van der Waals surface area contributed by atoms with Gasteiger partial charge in [-0.15, -0.1) is 0 Å². The molecule has 0 bridgehead atoms. The second-order valence-electron chi connectivity index (χ2n) is 7.89. The number of nitrogens with zero attached hydrogens (tertiary/aromatic N) is 2. The van der Waals surface area contributed by atoms with Crippen molar-refractivity contribution in [3.05, 3.63) is 60.4 Å². The summed E-state index contributed by atoms with van der Waals surface area (Å²) in [5, 5.41) is 6.50. The number of carbonyl (C=O) groups excluding carboxylic acids is 2. The first-order valence-electron chi connectivity index (χ1n) is 9.47. The summed E-state index contributed by atoms with van der Waals surface area (Å²) in [4.78, 5) is 29.4. The number of amides is 2. The third-order valence-corrected chi connectivity index (χ3v) is 4.33. The van der Waals surface area contributed by atoms with Crippen molar-refractivity contribution in [1.29, 1.82) is 0 Å². The van der Waals surface area contributed by atoms with Gasteiger partial charge in [0.1, 0.15) is 17.5 Å². The van der Waals surface area contributed by atoms with Gasteiger partial charge in [-0.05, 0) is 44.5 Å². The van der Waals surface area contributed by atoms with Gasteiger partial charge in [0.05, 0.1) is 0 Å². The second-order valence-corrected chi connectivity index (χ2v) is 7.89. The molecule has 0 saturated heterocycles. The summed E-state index contributed by atoms with van der Waals surface area (Å²) in [6.45, 7) is 5.33. The molecule has 7 heteroatoms. The molecule has 1 aromatic carbocycles. The highest BCUT2D eigenvalue weighted by atomic mass is 16.6. The minimum Gasteiger partial charge on any atom is -0.444 e. The molecular weight excluding hydrogens is 368 g/mol. The standard InChI is InChI=1S/C22H26N4O3/c1-22(2,3)29-21(28)24-17(20(27)25-19-11-7-8-12-23-19)13-15-14-26(4)18-10-6-5-9-16(15)18/h5-12,14,17H,13H2,1-4H3,(H,24,28)(H,23,25,27)/t17-/m1/s1. The summed E-state index contributed by atoms with van der Waals surface area (Å²) in [5.41, 5.74) is 1.36. The minimum absolute atomic E-state index is 0.319. The van der Waals surface area contributed by atoms with E-state index in [4.69, 9.17) is 4.74 Å². The number of pyridine rings is 1. The maximum atomic E-state index is 12.9. The van der Waals surface area contributed by atoms with Crippen LogP contribution in [0.25, 0.3) is 10.9 Å². The smallest absolute Gasteiger partial charge is 0.408 e. The molecule has 1 atom stereocenters. The maximum absolute atomic E-state index is 12.9. The third kappa shape index (κ3) is 5.34. The van der Waals surface area contributed by atoms with E-state index in [-0.39, 0.29) is 5.91 Å². The number of hydrogen-bond donors (Lipinski definition) is 2. The fourth-order valence-electron chi connectivity index (χ4n) is 3.12. The molecule has 2 amide bonds. The number of aromatic nitrogens is 2. The topological polar surface area (TPSA) is 85.2 Å². The Morgan fingerprint density at radius 3 is 2.55 bits per heavy atom. The fraction of sp³-hybridized carbons (Fsp3) is 0.318. The van der Waals surface area contributed by atoms with Gasteiger partial charge in [0, 0.05) is 36.8 Å². The largest absolute Gasteiger partial charge is 0.444 e. The predicted molar refractivity (Wildman–Crippen MR) is 113 cm³/mol. The SMILES string of the molecule is Cn1cc(C[C@@H](NC(=O)OC(C)(C)C)C(=O)Nc2ccccn2)c2ccccc21. The molecule has 0 aliphatic carbocycles. The lowest BCUT2D eigenvalue weighted by Crippen LogP contribution is -2.47. The summed E-state index contributed by atoms with van der Waals surface area (Å²) < 4.78 is 7.35. The molecule has 29 heavy (non-hydrogen) atoms. The average molecular weight is 394 g/mol. The van der Waals surface area contributed by atoms with Crippen LogP contribution in [0.3, 0.4) is 0 Å². The molecule has 2 heterocycles. The molecule has 2 aromatic heterocycles. The van der Waals surface area contributed by atoms with E-state index in [0.717, 1.165) is 16.5 Å². The number of alkyl carbamates (subject to hydrolysis) is 1. The zero-order chi connectivity index (χ0) is 21.0. The minimum atomic E-state index is -0.822. The number of para-hydroxylation sites is 1. The normalized spacial score (nSPS) is 12.4. The van der Waals surface area contributed by atoms with Crippen LogP contribution in [0.15, 0.2) is 54.9 Å². The summed E-state index contributed by atoms with van der Waals surface area (Å²) in [6, 6.07) is 12.4. The molecule has 0 radical (unpaired) electrons. The number of carbonyl (C=O) groups is 2. The average Bonchev–Trinajstić information content (AvgIpc) is 2.96. The van der Waals surface area contributed by atoms with Gasteiger partial charge in [0.2, 0.25) is 5.91 Å². The van der Waals surface area contributed by atoms with E-state index in [9.17, 15) is 9.59 Å². The Balaban J connectivity index is 1.85. The fourth-order valence-corrected chi connectivity index (χ4v) is 3.12. The lowest BCUT2D eigenvalue weighted by atomic mass is 10.0. The Morgan fingerprint density at radius 1 is 1.14 bits per heavy atom. The molecule has 0 aliphatic heterocycles. The Hall–Kier alpha value is -3.35. The van der Waals surface area contributed by atoms with Gasteiger partial charge in [-0.3, -0.25) is 4.79 Å². The maximum Gasteiger partial charge on any atom is 0.408 e. The van der Waals surface area contributed by atoms with Crippen LogP contribution in [0.2, 0.25) is 0 Å². The zero-order valence-electron chi connectivity index (χ0n) is 17.1. The van der Waals surface area contributed by atoms with Crippen LogP contribution in [-0.4, -0.2) is 33.2 Å². The molecule has 152 valence electrons. The Kier molecular flexibility index (Phi) is 5.87. The Bertz CT molecular complexity index is 1010. The van der Waals surface area contributed by atoms with Crippen LogP contribution >= 0.6 is 0 Å². The van der Waals surface area contributed by atoms with Crippen molar-refractivity contribution in [1.82, 2.24) is 14.9 Å². The summed E-state index contributed by atoms with van der Waals surface area (Å²) in [6.07, 6.45) is 3.25. The number of aryl methyl sites for hydroxylation is 1. The van der Waals surface area contributed by atoms with E-state index in [0.29, 0.717) is 12.2 Å². The number of benzene rings is 1. The van der Waals surface area contributed by atoms with Crippen LogP contribution in [0.5, 0.6) is 0 Å². The molecule has 0 unspecified atom stereocenters. The quantitative estimate of drug-likeness (QED) is 0.692. The lowest BCUT2D eigenvalue weighted by Gasteiger charge is -2.23. The van der Waals surface area contributed by atoms with Crippen LogP contribution in [0.1, 0.15) is 26.3 Å². The molecular formula is C22H26N4O3. The molecule has 0 fully saturated rings. The van der Waals surface area contributed by atoms with Crippen molar-refractivity contribution in [2.75, 3.05) is 5.32 Å². The molecule has 7 nitrogen and oxygen atoms in total. The molecule has 3 aromatic rings. The highest BCUT2D eigenvalue weighted by Crippen LogP contribution is 2.22. The van der Waals surface area contributed by atoms with Gasteiger partial charge in [0.25, 0.3) is 0 Å². The summed E-state index contributed by atoms with van der Waals surface area (Å²) in [7, 11) is 1.95. The lowest BCUT2D eigenvalue weighted by molar-refractivity contribution is -0.118. The molecule has 0 spiro atoms. The van der Waals surface area contributed by atoms with Crippen LogP contribution in [-0.2, 0) is 23.0 Å². The monoisotopic (exact) mass is 394 g/mol. The van der Waals surface area contributed by atoms with Crippen molar-refractivity contribution in [3.8, 4) is 0 Å². The molecule has 0 saturated carbocycles. The van der Waals surface area contributed by atoms with Gasteiger partial charge in [-0.25, -0.2) is 9.78 Å². The number of hydrogen-bond acceptors (Lipinski definition) is 4. The van der Waals surface area contributed by atoms with Gasteiger partial charge < -0.3 is 19.9 Å². The number of anilines is 1. The first kappa shape index (κ1) is 20.4. The zero-order valence-corrected chi connectivity index (χ0v) is 17.1. The van der Waals surface area contributed by atoms with E-state index in [1.807, 2.05) is 42.1 Å². The van der Waals surface area contributed by atoms with Crippen LogP contribution in [0, 0.1) is 0 Å². The van der Waals surface area contributed by atoms with Crippen molar-refractivity contribution in [2.24, 2.45) is 7.05 Å². The number of nitrogens with one attached hydrogen (secondary N) is 2. The van der Waals surface area contributed by atoms with Crippen LogP contribution in [0.4, 0.5) is 10.6 Å². The molecule has 0 aliphatic rings. The van der Waals surface area contributed by atoms with E-state index >= 15 is 0 Å². The van der Waals surface area contributed by atoms with Gasteiger partial charge in [-0.2, -0.15) is 0 Å². The summed E-state index contributed by atoms with van der Waals surface area (Å²) >= 11 is 0. The van der Waals surface area contributed by atoms with Gasteiger partial charge in [0.15, 0.2) is 0 Å². The van der Waals surface area contributed by atoms with Crippen molar-refractivity contribution < 1.29 is 14.3 Å². The van der Waals surface area contributed by atoms with Crippen molar-refractivity contribution in [3.63, 3.8) is 0 Å². The third-order valence-electron chi connectivity index (χ3n) is 4.33. The highest BCUT2D eigenvalue weighted by molar-refractivity contribution is 5.96. The van der Waals surface area contributed by atoms with Crippen molar-refractivity contribution in [2.45, 2.75) is 38.8 Å². The number of rotatable bonds is 5. The van der Waals surface area contributed by atoms with E-state index in [1.165, 1.54) is 0 Å². The van der Waals surface area contributed by atoms with Crippen molar-refractivity contribution >= 4 is 28.7 Å². The first-order chi connectivity index (χ1) is 13.7. The first-order valence-corrected chi connectivity index (χ1v) is 9.47. The van der Waals surface area contributed by atoms with E-state index < -0.39 is 17.7 Å². The Morgan fingerprint density at radius 2 is 1.86 bits per heavy atom. The van der Waals surface area contributed by atoms with Crippen LogP contribution < -0.4 is 10.6 Å². The van der Waals surface area contributed by atoms with E-state index in [2.05, 4.69) is 15.6 Å². The number of fused-ring (bicyclic) bond motifs is 1. The highest BCUT2D eigenvalue weighted by Gasteiger charge is 2.26. The molecule has 3 rings (SSSR count). The van der Waals surface area contributed by atoms with E-state index in [1.54, 1.807) is 45.2 Å². The van der Waals surface area contributed by atoms with Gasteiger partial charge in [-0.1, -0.05) is 24.3 Å². The van der Waals surface area contributed by atoms with Gasteiger partial charge >= 0.3 is 6.09 Å². The predicted octanol–water partition coefficient (Wildman–Crippen LogP) is 3.65. The second kappa shape index (κ2) is 8.34. The number of ether oxygens (including phenoxy) is 1. The molecule has 2 N–H and O–H groups in total. The summed E-state index contributed by atoms with van der Waals surface area (Å²) in [5.74, 6) is 0.0638. The Labute approximate surface area is 170 Å².